The van der Waals surface area contributed by atoms with E-state index in [4.69, 9.17) is 14.0 Å². The summed E-state index contributed by atoms with van der Waals surface area (Å²) < 4.78 is 17.0. The molecule has 212 valence electrons. The summed E-state index contributed by atoms with van der Waals surface area (Å²) in [6.07, 6.45) is 3.18. The second kappa shape index (κ2) is 12.5. The van der Waals surface area contributed by atoms with Gasteiger partial charge in [-0.15, -0.1) is 0 Å². The van der Waals surface area contributed by atoms with E-state index in [1.54, 1.807) is 18.2 Å². The van der Waals surface area contributed by atoms with E-state index in [1.165, 1.54) is 13.3 Å². The largest absolute Gasteiger partial charge is 0.494 e. The number of hydrogen-bond donors (Lipinski definition) is 3. The number of para-hydroxylation sites is 1. The van der Waals surface area contributed by atoms with Gasteiger partial charge in [0.2, 0.25) is 5.91 Å². The molecule has 4 aromatic rings. The molecule has 0 bridgehead atoms. The summed E-state index contributed by atoms with van der Waals surface area (Å²) in [5.41, 5.74) is 2.89. The fourth-order valence-electron chi connectivity index (χ4n) is 4.22. The number of amides is 2. The summed E-state index contributed by atoms with van der Waals surface area (Å²) in [5.74, 6) is 1.03. The molecule has 0 saturated heterocycles. The van der Waals surface area contributed by atoms with Crippen LogP contribution in [0, 0.1) is 5.92 Å². The molecule has 2 aromatic carbocycles. The Hall–Kier alpha value is -4.58. The maximum absolute atomic E-state index is 13.2. The van der Waals surface area contributed by atoms with Crippen molar-refractivity contribution in [2.24, 2.45) is 5.92 Å². The van der Waals surface area contributed by atoms with Gasteiger partial charge in [-0.3, -0.25) is 9.59 Å². The molecule has 42 heavy (non-hydrogen) atoms. The normalized spacial score (nSPS) is 12.9. The van der Waals surface area contributed by atoms with E-state index in [1.807, 2.05) is 59.9 Å². The molecule has 0 aliphatic heterocycles. The minimum Gasteiger partial charge on any atom is -0.494 e. The van der Waals surface area contributed by atoms with Crippen molar-refractivity contribution in [1.29, 1.82) is 0 Å². The third-order valence-electron chi connectivity index (χ3n) is 6.37. The first kappa shape index (κ1) is 28.9. The first-order valence-corrected chi connectivity index (χ1v) is 13.7. The number of benzene rings is 2. The number of carbonyl (C=O) groups is 2. The molecule has 2 aromatic heterocycles. The molecule has 11 nitrogen and oxygen atoms in total. The molecular weight excluding hydrogens is 533 g/mol. The molecule has 14 heteroatoms. The second-order valence-corrected chi connectivity index (χ2v) is 11.1. The number of anilines is 3. The third-order valence-corrected chi connectivity index (χ3v) is 6.37. The van der Waals surface area contributed by atoms with Crippen molar-refractivity contribution in [1.82, 2.24) is 20.4 Å². The minimum absolute atomic E-state index is 0.00638. The monoisotopic (exact) mass is 564 g/mol. The fourth-order valence-corrected chi connectivity index (χ4v) is 4.22. The number of rotatable bonds is 12. The molecule has 1 aliphatic rings. The highest BCUT2D eigenvalue weighted by Crippen LogP contribution is 2.38. The number of ether oxygens (including phenoxy) is 2. The molecule has 0 radical (unpaired) electrons. The summed E-state index contributed by atoms with van der Waals surface area (Å²) in [4.78, 5) is 34.4. The topological polar surface area (TPSA) is 140 Å². The number of aromatic nitrogens is 3. The quantitative estimate of drug-likeness (QED) is 0.217. The summed E-state index contributed by atoms with van der Waals surface area (Å²) in [5, 5.41) is 12.7. The van der Waals surface area contributed by atoms with Gasteiger partial charge in [0.1, 0.15) is 36.0 Å². The van der Waals surface area contributed by atoms with Crippen LogP contribution in [-0.4, -0.2) is 62.8 Å². The molecular formula is C28H31B3N6O5. The van der Waals surface area contributed by atoms with Crippen LogP contribution >= 0.6 is 0 Å². The van der Waals surface area contributed by atoms with Gasteiger partial charge < -0.3 is 29.9 Å². The Labute approximate surface area is 246 Å². The molecule has 2 heterocycles. The maximum Gasteiger partial charge on any atom is 0.261 e. The number of hydrogen-bond acceptors (Lipinski definition) is 9. The molecule has 1 fully saturated rings. The third kappa shape index (κ3) is 7.38. The van der Waals surface area contributed by atoms with Gasteiger partial charge in [-0.25, -0.2) is 4.98 Å². The number of nitrogens with one attached hydrogen (secondary N) is 3. The molecule has 0 atom stereocenters. The van der Waals surface area contributed by atoms with Crippen molar-refractivity contribution in [2.75, 3.05) is 17.7 Å². The molecule has 1 saturated carbocycles. The van der Waals surface area contributed by atoms with Gasteiger partial charge >= 0.3 is 0 Å². The van der Waals surface area contributed by atoms with Crippen LogP contribution in [0.2, 0.25) is 0 Å². The Bertz CT molecular complexity index is 1570. The number of pyridine rings is 1. The highest BCUT2D eigenvalue weighted by molar-refractivity contribution is 6.60. The van der Waals surface area contributed by atoms with E-state index in [0.717, 1.165) is 18.4 Å². The second-order valence-electron chi connectivity index (χ2n) is 11.1. The van der Waals surface area contributed by atoms with Crippen LogP contribution in [0.3, 0.4) is 0 Å². The fraction of sp³-hybridized carbons (Fsp3) is 0.250. The zero-order valence-electron chi connectivity index (χ0n) is 24.1. The lowest BCUT2D eigenvalue weighted by molar-refractivity contribution is -0.117. The lowest BCUT2D eigenvalue weighted by Crippen LogP contribution is -2.50. The van der Waals surface area contributed by atoms with Crippen LogP contribution in [0.4, 0.5) is 17.2 Å². The Balaban J connectivity index is 1.39. The van der Waals surface area contributed by atoms with E-state index < -0.39 is 5.24 Å². The first-order chi connectivity index (χ1) is 20.2. The number of methoxy groups -OCH3 is 1. The van der Waals surface area contributed by atoms with Crippen LogP contribution in [0.25, 0.3) is 11.5 Å². The highest BCUT2D eigenvalue weighted by atomic mass is 16.5. The van der Waals surface area contributed by atoms with Gasteiger partial charge in [-0.1, -0.05) is 41.6 Å². The van der Waals surface area contributed by atoms with E-state index >= 15 is 0 Å². The Morgan fingerprint density at radius 3 is 2.55 bits per heavy atom. The molecule has 0 spiro atoms. The van der Waals surface area contributed by atoms with Crippen molar-refractivity contribution >= 4 is 52.5 Å². The van der Waals surface area contributed by atoms with Crippen LogP contribution in [0.5, 0.6) is 5.75 Å². The summed E-state index contributed by atoms with van der Waals surface area (Å²) in [6, 6.07) is 16.9. The van der Waals surface area contributed by atoms with E-state index in [-0.39, 0.29) is 30.2 Å². The zero-order chi connectivity index (χ0) is 29.7. The minimum atomic E-state index is -0.467. The summed E-state index contributed by atoms with van der Waals surface area (Å²) in [7, 11) is 7.22. The van der Waals surface area contributed by atoms with Crippen LogP contribution in [0.1, 0.15) is 34.6 Å². The van der Waals surface area contributed by atoms with Gasteiger partial charge in [0.15, 0.2) is 11.6 Å². The van der Waals surface area contributed by atoms with Crippen molar-refractivity contribution < 1.29 is 23.6 Å². The maximum atomic E-state index is 13.2. The van der Waals surface area contributed by atoms with Crippen molar-refractivity contribution in [3.05, 3.63) is 77.7 Å². The number of nitrogens with zero attached hydrogens (tertiary/aromatic N) is 3. The Morgan fingerprint density at radius 1 is 1.05 bits per heavy atom. The first-order valence-electron chi connectivity index (χ1n) is 13.7. The average Bonchev–Trinajstić information content (AvgIpc) is 3.71. The van der Waals surface area contributed by atoms with E-state index in [2.05, 4.69) is 31.1 Å². The molecule has 2 amide bonds. The van der Waals surface area contributed by atoms with Gasteiger partial charge in [0, 0.05) is 18.2 Å². The van der Waals surface area contributed by atoms with Gasteiger partial charge in [0.05, 0.1) is 36.2 Å². The van der Waals surface area contributed by atoms with Crippen LogP contribution < -0.4 is 20.7 Å². The van der Waals surface area contributed by atoms with Crippen molar-refractivity contribution in [2.45, 2.75) is 31.3 Å². The average molecular weight is 564 g/mol. The van der Waals surface area contributed by atoms with Crippen LogP contribution in [0.15, 0.2) is 65.3 Å². The molecule has 5 rings (SSSR count). The SMILES string of the molecule is BC(B)(B)NC(=O)c1cnc(NC(=O)C2CC2)cc1Nc1cccc(-c2nc(COCc3ccccc3)no2)c1OC. The van der Waals surface area contributed by atoms with Gasteiger partial charge in [-0.05, 0) is 35.8 Å². The lowest BCUT2D eigenvalue weighted by Gasteiger charge is -2.22. The standard InChI is InChI=1S/C28H31B3N6O5/c1-40-24-18(27-35-23(37-42-27)15-41-14-16-6-3-2-4-7-16)8-5-9-20(24)33-21-12-22(34-25(38)17-10-11-17)32-13-19(21)26(39)36-28(29,30)31/h2-9,12-13,17H,10-11,14-15,29-31H2,1H3,(H,36,39)(H2,32,33,34,38). The van der Waals surface area contributed by atoms with Gasteiger partial charge in [-0.2, -0.15) is 4.98 Å². The lowest BCUT2D eigenvalue weighted by atomic mass is 9.49. The molecule has 1 aliphatic carbocycles. The van der Waals surface area contributed by atoms with Crippen molar-refractivity contribution in [3.63, 3.8) is 0 Å². The smallest absolute Gasteiger partial charge is 0.261 e. The zero-order valence-corrected chi connectivity index (χ0v) is 24.1. The molecule has 0 unspecified atom stereocenters. The van der Waals surface area contributed by atoms with Crippen molar-refractivity contribution in [3.8, 4) is 17.2 Å². The highest BCUT2D eigenvalue weighted by Gasteiger charge is 2.30. The van der Waals surface area contributed by atoms with Crippen LogP contribution in [-0.2, 0) is 22.7 Å². The van der Waals surface area contributed by atoms with E-state index in [9.17, 15) is 9.59 Å². The predicted octanol–water partition coefficient (Wildman–Crippen LogP) is 1.19. The van der Waals surface area contributed by atoms with Gasteiger partial charge in [0.25, 0.3) is 11.8 Å². The summed E-state index contributed by atoms with van der Waals surface area (Å²) >= 11 is 0. The molecule has 3 N–H and O–H groups in total. The van der Waals surface area contributed by atoms with E-state index in [0.29, 0.717) is 46.5 Å². The summed E-state index contributed by atoms with van der Waals surface area (Å²) in [6.45, 7) is 0.602. The Kier molecular flexibility index (Phi) is 8.63. The number of carbonyl (C=O) groups excluding carboxylic acids is 2. The Morgan fingerprint density at radius 2 is 1.83 bits per heavy atom. The predicted molar refractivity (Wildman–Crippen MR) is 166 cm³/mol.